The first-order valence-corrected chi connectivity index (χ1v) is 8.06. The topological polar surface area (TPSA) is 75.9 Å². The zero-order valence-electron chi connectivity index (χ0n) is 11.9. The first kappa shape index (κ1) is 13.6. The highest BCUT2D eigenvalue weighted by Crippen LogP contribution is 2.34. The van der Waals surface area contributed by atoms with Gasteiger partial charge in [-0.1, -0.05) is 13.3 Å². The van der Waals surface area contributed by atoms with E-state index >= 15 is 0 Å². The van der Waals surface area contributed by atoms with Crippen LogP contribution >= 0.6 is 11.3 Å². The molecule has 0 bridgehead atoms. The molecule has 20 heavy (non-hydrogen) atoms. The number of nitrogen functional groups attached to an aromatic ring is 1. The van der Waals surface area contributed by atoms with Crippen LogP contribution in [0.15, 0.2) is 6.07 Å². The summed E-state index contributed by atoms with van der Waals surface area (Å²) in [6.07, 6.45) is 5.00. The van der Waals surface area contributed by atoms with Crippen LogP contribution in [0.3, 0.4) is 0 Å². The van der Waals surface area contributed by atoms with E-state index < -0.39 is 0 Å². The normalized spacial score (nSPS) is 16.9. The number of hydrogen-bond donors (Lipinski definition) is 3. The van der Waals surface area contributed by atoms with E-state index in [4.69, 9.17) is 5.84 Å². The molecule has 2 heterocycles. The van der Waals surface area contributed by atoms with Crippen LogP contribution in [0.4, 0.5) is 11.8 Å². The number of aryl methyl sites for hydroxylation is 1. The van der Waals surface area contributed by atoms with Crippen molar-refractivity contribution in [3.05, 3.63) is 10.9 Å². The van der Waals surface area contributed by atoms with E-state index in [0.29, 0.717) is 12.0 Å². The number of nitrogens with zero attached hydrogens (tertiary/aromatic N) is 2. The number of thiophene rings is 1. The van der Waals surface area contributed by atoms with Crippen molar-refractivity contribution >= 4 is 33.3 Å². The van der Waals surface area contributed by atoms with Gasteiger partial charge in [-0.3, -0.25) is 5.43 Å². The molecule has 0 spiro atoms. The lowest BCUT2D eigenvalue weighted by atomic mass is 9.80. The van der Waals surface area contributed by atoms with Crippen LogP contribution in [0.1, 0.15) is 38.0 Å². The highest BCUT2D eigenvalue weighted by atomic mass is 32.1. The van der Waals surface area contributed by atoms with Crippen molar-refractivity contribution in [1.29, 1.82) is 0 Å². The van der Waals surface area contributed by atoms with Gasteiger partial charge < -0.3 is 5.32 Å². The van der Waals surface area contributed by atoms with Crippen LogP contribution in [0, 0.1) is 5.92 Å². The Kier molecular flexibility index (Phi) is 3.76. The lowest BCUT2D eigenvalue weighted by molar-refractivity contribution is 0.285. The van der Waals surface area contributed by atoms with Gasteiger partial charge in [-0.2, -0.15) is 4.98 Å². The van der Waals surface area contributed by atoms with Crippen LogP contribution < -0.4 is 16.6 Å². The molecule has 1 aliphatic carbocycles. The molecule has 0 aromatic carbocycles. The second-order valence-electron chi connectivity index (χ2n) is 5.45. The molecule has 5 nitrogen and oxygen atoms in total. The second-order valence-corrected chi connectivity index (χ2v) is 6.56. The molecule has 3 rings (SSSR count). The molecule has 4 N–H and O–H groups in total. The molecule has 1 unspecified atom stereocenters. The molecule has 0 radical (unpaired) electrons. The van der Waals surface area contributed by atoms with Gasteiger partial charge in [0.25, 0.3) is 0 Å². The van der Waals surface area contributed by atoms with Gasteiger partial charge in [0.05, 0.1) is 5.39 Å². The summed E-state index contributed by atoms with van der Waals surface area (Å²) in [6.45, 7) is 4.39. The van der Waals surface area contributed by atoms with Crippen LogP contribution in [0.2, 0.25) is 0 Å². The Hall–Kier alpha value is -1.40. The maximum absolute atomic E-state index is 5.48. The Morgan fingerprint density at radius 1 is 1.45 bits per heavy atom. The number of anilines is 2. The van der Waals surface area contributed by atoms with Gasteiger partial charge in [-0.25, -0.2) is 10.8 Å². The van der Waals surface area contributed by atoms with E-state index in [1.807, 2.05) is 0 Å². The summed E-state index contributed by atoms with van der Waals surface area (Å²) < 4.78 is 0. The van der Waals surface area contributed by atoms with E-state index in [2.05, 4.69) is 40.6 Å². The minimum absolute atomic E-state index is 0.442. The zero-order chi connectivity index (χ0) is 14.1. The molecule has 6 heteroatoms. The summed E-state index contributed by atoms with van der Waals surface area (Å²) in [5.74, 6) is 7.62. The molecule has 108 valence electrons. The van der Waals surface area contributed by atoms with Gasteiger partial charge in [0.2, 0.25) is 5.95 Å². The standard InChI is InChI=1S/C14H21N5S/c1-3-10-7-11-12(16-8(2)9-5-4-6-9)17-14(19-15)18-13(11)20-10/h7-9H,3-6,15H2,1-2H3,(H2,16,17,18,19). The zero-order valence-corrected chi connectivity index (χ0v) is 12.8. The van der Waals surface area contributed by atoms with E-state index in [1.165, 1.54) is 24.1 Å². The second kappa shape index (κ2) is 5.54. The van der Waals surface area contributed by atoms with Crippen molar-refractivity contribution in [3.8, 4) is 0 Å². The van der Waals surface area contributed by atoms with Gasteiger partial charge in [0.1, 0.15) is 10.6 Å². The van der Waals surface area contributed by atoms with E-state index in [9.17, 15) is 0 Å². The largest absolute Gasteiger partial charge is 0.367 e. The summed E-state index contributed by atoms with van der Waals surface area (Å²) >= 11 is 1.71. The molecule has 1 saturated carbocycles. The average molecular weight is 291 g/mol. The smallest absolute Gasteiger partial charge is 0.240 e. The Morgan fingerprint density at radius 3 is 2.85 bits per heavy atom. The SMILES string of the molecule is CCc1cc2c(NC(C)C3CCC3)nc(NN)nc2s1. The fourth-order valence-corrected chi connectivity index (χ4v) is 3.56. The molecule has 0 saturated heterocycles. The third-order valence-electron chi connectivity index (χ3n) is 4.14. The fraction of sp³-hybridized carbons (Fsp3) is 0.571. The summed E-state index contributed by atoms with van der Waals surface area (Å²) in [6, 6.07) is 2.63. The number of hydrogen-bond acceptors (Lipinski definition) is 6. The van der Waals surface area contributed by atoms with Crippen molar-refractivity contribution in [2.24, 2.45) is 11.8 Å². The maximum Gasteiger partial charge on any atom is 0.240 e. The Morgan fingerprint density at radius 2 is 2.25 bits per heavy atom. The highest BCUT2D eigenvalue weighted by molar-refractivity contribution is 7.18. The maximum atomic E-state index is 5.48. The van der Waals surface area contributed by atoms with Crippen molar-refractivity contribution in [2.45, 2.75) is 45.6 Å². The molecular formula is C14H21N5S. The summed E-state index contributed by atoms with van der Waals surface area (Å²) in [5, 5.41) is 4.67. The molecule has 0 aliphatic heterocycles. The molecule has 2 aromatic heterocycles. The average Bonchev–Trinajstić information content (AvgIpc) is 2.79. The summed E-state index contributed by atoms with van der Waals surface area (Å²) in [4.78, 5) is 11.3. The van der Waals surface area contributed by atoms with Crippen molar-refractivity contribution in [1.82, 2.24) is 9.97 Å². The molecule has 0 amide bonds. The lowest BCUT2D eigenvalue weighted by Gasteiger charge is -2.32. The van der Waals surface area contributed by atoms with Crippen molar-refractivity contribution in [2.75, 3.05) is 10.7 Å². The van der Waals surface area contributed by atoms with Crippen LogP contribution in [0.5, 0.6) is 0 Å². The predicted molar refractivity (Wildman–Crippen MR) is 85.0 cm³/mol. The lowest BCUT2D eigenvalue weighted by Crippen LogP contribution is -2.31. The van der Waals surface area contributed by atoms with E-state index in [0.717, 1.165) is 28.4 Å². The Labute approximate surface area is 123 Å². The van der Waals surface area contributed by atoms with Crippen LogP contribution in [-0.4, -0.2) is 16.0 Å². The first-order chi connectivity index (χ1) is 9.71. The third kappa shape index (κ3) is 2.45. The number of nitrogens with one attached hydrogen (secondary N) is 2. The molecular weight excluding hydrogens is 270 g/mol. The first-order valence-electron chi connectivity index (χ1n) is 7.25. The fourth-order valence-electron chi connectivity index (χ4n) is 2.59. The van der Waals surface area contributed by atoms with Crippen molar-refractivity contribution < 1.29 is 0 Å². The summed E-state index contributed by atoms with van der Waals surface area (Å²) in [5.41, 5.74) is 2.56. The van der Waals surface area contributed by atoms with Gasteiger partial charge in [0, 0.05) is 10.9 Å². The van der Waals surface area contributed by atoms with E-state index in [-0.39, 0.29) is 0 Å². The van der Waals surface area contributed by atoms with Crippen molar-refractivity contribution in [3.63, 3.8) is 0 Å². The number of fused-ring (bicyclic) bond motifs is 1. The quantitative estimate of drug-likeness (QED) is 0.583. The molecule has 1 fully saturated rings. The van der Waals surface area contributed by atoms with Crippen LogP contribution in [-0.2, 0) is 6.42 Å². The third-order valence-corrected chi connectivity index (χ3v) is 5.32. The monoisotopic (exact) mass is 291 g/mol. The van der Waals surface area contributed by atoms with Gasteiger partial charge in [-0.05, 0) is 38.2 Å². The van der Waals surface area contributed by atoms with Gasteiger partial charge in [-0.15, -0.1) is 11.3 Å². The minimum atomic E-state index is 0.442. The van der Waals surface area contributed by atoms with E-state index in [1.54, 1.807) is 11.3 Å². The Balaban J connectivity index is 1.95. The minimum Gasteiger partial charge on any atom is -0.367 e. The highest BCUT2D eigenvalue weighted by Gasteiger charge is 2.25. The van der Waals surface area contributed by atoms with Gasteiger partial charge in [0.15, 0.2) is 0 Å². The summed E-state index contributed by atoms with van der Waals surface area (Å²) in [7, 11) is 0. The Bertz CT molecular complexity index is 605. The number of hydrazine groups is 1. The predicted octanol–water partition coefficient (Wildman–Crippen LogP) is 3.14. The molecule has 1 atom stereocenters. The number of rotatable bonds is 5. The molecule has 1 aliphatic rings. The number of aromatic nitrogens is 2. The van der Waals surface area contributed by atoms with Crippen LogP contribution in [0.25, 0.3) is 10.2 Å². The number of nitrogens with two attached hydrogens (primary N) is 1. The van der Waals surface area contributed by atoms with Gasteiger partial charge >= 0.3 is 0 Å². The molecule has 2 aromatic rings.